The molecule has 2 aromatic rings. The Morgan fingerprint density at radius 2 is 1.90 bits per heavy atom. The van der Waals surface area contributed by atoms with Crippen LogP contribution in [0.1, 0.15) is 23.8 Å². The number of methoxy groups -OCH3 is 1. The molecule has 1 aliphatic heterocycles. The lowest BCUT2D eigenvalue weighted by molar-refractivity contribution is -0.126. The van der Waals surface area contributed by atoms with E-state index in [-0.39, 0.29) is 22.8 Å². The minimum atomic E-state index is -3.56. The van der Waals surface area contributed by atoms with Crippen LogP contribution < -0.4 is 10.1 Å². The van der Waals surface area contributed by atoms with Gasteiger partial charge in [0.15, 0.2) is 0 Å². The van der Waals surface area contributed by atoms with Gasteiger partial charge < -0.3 is 15.0 Å². The Balaban J connectivity index is 1.54. The van der Waals surface area contributed by atoms with E-state index in [1.165, 1.54) is 9.18 Å². The maximum absolute atomic E-state index is 12.9. The van der Waals surface area contributed by atoms with Crippen LogP contribution in [0.2, 0.25) is 0 Å². The second-order valence-electron chi connectivity index (χ2n) is 7.59. The predicted octanol–water partition coefficient (Wildman–Crippen LogP) is 2.58. The fourth-order valence-corrected chi connectivity index (χ4v) is 6.01. The molecule has 9 heteroatoms. The van der Waals surface area contributed by atoms with Crippen LogP contribution in [-0.4, -0.2) is 64.4 Å². The maximum atomic E-state index is 12.9. The molecule has 0 radical (unpaired) electrons. The van der Waals surface area contributed by atoms with Crippen molar-refractivity contribution in [3.63, 3.8) is 0 Å². The van der Waals surface area contributed by atoms with Gasteiger partial charge in [-0.3, -0.25) is 4.79 Å². The number of likely N-dealkylation sites (N-methyl/N-ethyl adjacent to an activating group) is 1. The Bertz CT molecular complexity index is 920. The van der Waals surface area contributed by atoms with Gasteiger partial charge in [0.2, 0.25) is 15.9 Å². The van der Waals surface area contributed by atoms with Crippen molar-refractivity contribution in [2.75, 3.05) is 40.8 Å². The van der Waals surface area contributed by atoms with Gasteiger partial charge in [-0.15, -0.1) is 11.3 Å². The molecule has 1 aromatic carbocycles. The van der Waals surface area contributed by atoms with Crippen molar-refractivity contribution in [3.05, 3.63) is 46.7 Å². The van der Waals surface area contributed by atoms with Gasteiger partial charge in [-0.1, -0.05) is 6.07 Å². The molecule has 1 N–H and O–H groups in total. The second kappa shape index (κ2) is 9.91. The van der Waals surface area contributed by atoms with Crippen molar-refractivity contribution in [1.29, 1.82) is 0 Å². The van der Waals surface area contributed by atoms with Gasteiger partial charge in [0.05, 0.1) is 18.0 Å². The van der Waals surface area contributed by atoms with Crippen LogP contribution in [0, 0.1) is 5.92 Å². The predicted molar refractivity (Wildman–Crippen MR) is 118 cm³/mol. The lowest BCUT2D eigenvalue weighted by Gasteiger charge is -2.31. The molecule has 7 nitrogen and oxygen atoms in total. The van der Waals surface area contributed by atoms with Gasteiger partial charge >= 0.3 is 0 Å². The quantitative estimate of drug-likeness (QED) is 0.667. The number of nitrogens with zero attached hydrogens (tertiary/aromatic N) is 2. The monoisotopic (exact) mass is 451 g/mol. The number of rotatable bonds is 8. The molecular weight excluding hydrogens is 422 g/mol. The zero-order valence-corrected chi connectivity index (χ0v) is 19.2. The van der Waals surface area contributed by atoms with Crippen molar-refractivity contribution in [1.82, 2.24) is 14.5 Å². The van der Waals surface area contributed by atoms with Gasteiger partial charge in [-0.2, -0.15) is 4.31 Å². The summed E-state index contributed by atoms with van der Waals surface area (Å²) in [5.41, 5.74) is 0. The number of thiophene rings is 1. The minimum Gasteiger partial charge on any atom is -0.497 e. The van der Waals surface area contributed by atoms with Crippen molar-refractivity contribution >= 4 is 27.3 Å². The molecule has 1 atom stereocenters. The second-order valence-corrected chi connectivity index (χ2v) is 10.5. The molecule has 164 valence electrons. The molecule has 1 fully saturated rings. The van der Waals surface area contributed by atoms with Crippen molar-refractivity contribution in [3.8, 4) is 5.75 Å². The Labute approximate surface area is 182 Å². The van der Waals surface area contributed by atoms with E-state index in [2.05, 4.69) is 16.3 Å². The molecule has 0 unspecified atom stereocenters. The van der Waals surface area contributed by atoms with E-state index in [0.717, 1.165) is 0 Å². The molecule has 3 rings (SSSR count). The Morgan fingerprint density at radius 3 is 2.43 bits per heavy atom. The van der Waals surface area contributed by atoms with Crippen molar-refractivity contribution in [2.45, 2.75) is 23.8 Å². The molecule has 0 saturated carbocycles. The highest BCUT2D eigenvalue weighted by Crippen LogP contribution is 2.26. The van der Waals surface area contributed by atoms with Gasteiger partial charge in [0.25, 0.3) is 0 Å². The third-order valence-electron chi connectivity index (χ3n) is 5.49. The third-order valence-corrected chi connectivity index (χ3v) is 8.37. The van der Waals surface area contributed by atoms with E-state index < -0.39 is 10.0 Å². The molecule has 0 aliphatic carbocycles. The van der Waals surface area contributed by atoms with Crippen molar-refractivity contribution in [2.24, 2.45) is 5.92 Å². The van der Waals surface area contributed by atoms with Crippen LogP contribution in [0.15, 0.2) is 46.7 Å². The highest BCUT2D eigenvalue weighted by atomic mass is 32.2. The van der Waals surface area contributed by atoms with E-state index in [0.29, 0.717) is 38.2 Å². The molecular formula is C21H29N3O4S2. The fraction of sp³-hybridized carbons (Fsp3) is 0.476. The summed E-state index contributed by atoms with van der Waals surface area (Å²) in [6, 6.07) is 10.6. The van der Waals surface area contributed by atoms with E-state index >= 15 is 0 Å². The number of sulfonamides is 1. The SMILES string of the molecule is COc1ccc(S(=O)(=O)N2CCC(C(=O)NC[C@H](c3cccs3)N(C)C)CC2)cc1. The largest absolute Gasteiger partial charge is 0.497 e. The van der Waals surface area contributed by atoms with Gasteiger partial charge in [-0.25, -0.2) is 8.42 Å². The van der Waals surface area contributed by atoms with Crippen LogP contribution in [0.4, 0.5) is 0 Å². The van der Waals surface area contributed by atoms with Crippen molar-refractivity contribution < 1.29 is 17.9 Å². The van der Waals surface area contributed by atoms with E-state index in [1.54, 1.807) is 42.7 Å². The van der Waals surface area contributed by atoms with Crippen LogP contribution in [0.25, 0.3) is 0 Å². The minimum absolute atomic E-state index is 0.0000912. The van der Waals surface area contributed by atoms with Gasteiger partial charge in [-0.05, 0) is 62.6 Å². The van der Waals surface area contributed by atoms with Crippen LogP contribution in [-0.2, 0) is 14.8 Å². The number of hydrogen-bond donors (Lipinski definition) is 1. The average Bonchev–Trinajstić information content (AvgIpc) is 3.28. The number of carbonyl (C=O) groups excluding carboxylic acids is 1. The normalized spacial score (nSPS) is 17.1. The third kappa shape index (κ3) is 5.21. The smallest absolute Gasteiger partial charge is 0.243 e. The Morgan fingerprint density at radius 1 is 1.23 bits per heavy atom. The number of benzene rings is 1. The summed E-state index contributed by atoms with van der Waals surface area (Å²) in [6.07, 6.45) is 1.04. The zero-order chi connectivity index (χ0) is 21.7. The fourth-order valence-electron chi connectivity index (χ4n) is 3.62. The first-order chi connectivity index (χ1) is 14.3. The average molecular weight is 452 g/mol. The molecule has 1 amide bonds. The summed E-state index contributed by atoms with van der Waals surface area (Å²) in [7, 11) is 1.98. The first-order valence-corrected chi connectivity index (χ1v) is 12.3. The topological polar surface area (TPSA) is 79.0 Å². The number of carbonyl (C=O) groups is 1. The molecule has 1 aromatic heterocycles. The standard InChI is InChI=1S/C21H29N3O4S2/c1-23(2)19(20-5-4-14-29-20)15-22-21(25)16-10-12-24(13-11-16)30(26,27)18-8-6-17(28-3)7-9-18/h4-9,14,16,19H,10-13,15H2,1-3H3,(H,22,25)/t19-/m1/s1. The maximum Gasteiger partial charge on any atom is 0.243 e. The van der Waals surface area contributed by atoms with Gasteiger partial charge in [0.1, 0.15) is 5.75 Å². The molecule has 2 heterocycles. The lowest BCUT2D eigenvalue weighted by atomic mass is 9.97. The molecule has 1 saturated heterocycles. The highest BCUT2D eigenvalue weighted by molar-refractivity contribution is 7.89. The summed E-state index contributed by atoms with van der Waals surface area (Å²) in [6.45, 7) is 1.22. The summed E-state index contributed by atoms with van der Waals surface area (Å²) >= 11 is 1.68. The first kappa shape index (κ1) is 22.7. The number of ether oxygens (including phenoxy) is 1. The van der Waals surface area contributed by atoms with E-state index in [4.69, 9.17) is 4.74 Å². The Kier molecular flexibility index (Phi) is 7.51. The number of piperidine rings is 1. The molecule has 0 spiro atoms. The van der Waals surface area contributed by atoms with Crippen LogP contribution >= 0.6 is 11.3 Å². The van der Waals surface area contributed by atoms with E-state index in [1.807, 2.05) is 25.5 Å². The number of amides is 1. The molecule has 1 aliphatic rings. The van der Waals surface area contributed by atoms with Crippen LogP contribution in [0.3, 0.4) is 0 Å². The van der Waals surface area contributed by atoms with Crippen LogP contribution in [0.5, 0.6) is 5.75 Å². The summed E-state index contributed by atoms with van der Waals surface area (Å²) < 4.78 is 32.3. The molecule has 0 bridgehead atoms. The summed E-state index contributed by atoms with van der Waals surface area (Å²) in [5, 5.41) is 5.10. The molecule has 30 heavy (non-hydrogen) atoms. The summed E-state index contributed by atoms with van der Waals surface area (Å²) in [4.78, 5) is 16.2. The van der Waals surface area contributed by atoms with E-state index in [9.17, 15) is 13.2 Å². The highest BCUT2D eigenvalue weighted by Gasteiger charge is 2.32. The first-order valence-electron chi connectivity index (χ1n) is 9.94. The van der Waals surface area contributed by atoms with Gasteiger partial charge in [0, 0.05) is 30.4 Å². The number of hydrogen-bond acceptors (Lipinski definition) is 6. The Hall–Kier alpha value is -1.94. The zero-order valence-electron chi connectivity index (χ0n) is 17.6. The number of nitrogens with one attached hydrogen (secondary N) is 1. The lowest BCUT2D eigenvalue weighted by Crippen LogP contribution is -2.44. The summed E-state index contributed by atoms with van der Waals surface area (Å²) in [5.74, 6) is 0.446.